The van der Waals surface area contributed by atoms with Gasteiger partial charge in [-0.25, -0.2) is 4.98 Å². The van der Waals surface area contributed by atoms with E-state index in [-0.39, 0.29) is 6.10 Å². The van der Waals surface area contributed by atoms with Gasteiger partial charge in [-0.2, -0.15) is 5.26 Å². The number of nitrogens with zero attached hydrogens (tertiary/aromatic N) is 2. The predicted octanol–water partition coefficient (Wildman–Crippen LogP) is 1.47. The zero-order chi connectivity index (χ0) is 11.2. The largest absolute Gasteiger partial charge is 0.474 e. The van der Waals surface area contributed by atoms with E-state index in [1.165, 1.54) is 0 Å². The minimum atomic E-state index is 0.219. The van der Waals surface area contributed by atoms with E-state index in [4.69, 9.17) is 10.00 Å². The Morgan fingerprint density at radius 3 is 3.25 bits per heavy atom. The molecule has 0 bridgehead atoms. The fourth-order valence-corrected chi connectivity index (χ4v) is 1.82. The van der Waals surface area contributed by atoms with Crippen molar-refractivity contribution in [2.75, 3.05) is 13.1 Å². The second kappa shape index (κ2) is 5.47. The van der Waals surface area contributed by atoms with Crippen LogP contribution in [0.25, 0.3) is 0 Å². The number of rotatable bonds is 2. The summed E-state index contributed by atoms with van der Waals surface area (Å²) in [6, 6.07) is 5.46. The van der Waals surface area contributed by atoms with Crippen LogP contribution in [0.5, 0.6) is 5.88 Å². The molecule has 1 aromatic rings. The molecule has 1 unspecified atom stereocenters. The van der Waals surface area contributed by atoms with Crippen molar-refractivity contribution >= 4 is 0 Å². The lowest BCUT2D eigenvalue weighted by molar-refractivity contribution is 0.180. The molecular formula is C12H15N3O. The number of nitriles is 1. The molecule has 0 aromatic carbocycles. The summed E-state index contributed by atoms with van der Waals surface area (Å²) in [5.41, 5.74) is 0.594. The molecule has 1 N–H and O–H groups in total. The SMILES string of the molecule is N#Cc1ccnc(OC2CCCNCC2)c1. The smallest absolute Gasteiger partial charge is 0.214 e. The highest BCUT2D eigenvalue weighted by atomic mass is 16.5. The Hall–Kier alpha value is -1.60. The fraction of sp³-hybridized carbons (Fsp3) is 0.500. The van der Waals surface area contributed by atoms with E-state index in [0.29, 0.717) is 11.4 Å². The van der Waals surface area contributed by atoms with Crippen molar-refractivity contribution in [3.8, 4) is 11.9 Å². The lowest BCUT2D eigenvalue weighted by atomic mass is 10.1. The van der Waals surface area contributed by atoms with Gasteiger partial charge in [0.15, 0.2) is 0 Å². The van der Waals surface area contributed by atoms with Crippen LogP contribution < -0.4 is 10.1 Å². The van der Waals surface area contributed by atoms with Crippen molar-refractivity contribution in [3.63, 3.8) is 0 Å². The molecule has 2 heterocycles. The first-order valence-corrected chi connectivity index (χ1v) is 5.62. The monoisotopic (exact) mass is 217 g/mol. The summed E-state index contributed by atoms with van der Waals surface area (Å²) in [6.45, 7) is 2.05. The molecule has 0 spiro atoms. The summed E-state index contributed by atoms with van der Waals surface area (Å²) in [5.74, 6) is 0.561. The van der Waals surface area contributed by atoms with Gasteiger partial charge in [-0.3, -0.25) is 0 Å². The van der Waals surface area contributed by atoms with Crippen molar-refractivity contribution in [1.29, 1.82) is 5.26 Å². The summed E-state index contributed by atoms with van der Waals surface area (Å²) in [7, 11) is 0. The van der Waals surface area contributed by atoms with E-state index >= 15 is 0 Å². The molecule has 4 heteroatoms. The van der Waals surface area contributed by atoms with Crippen LogP contribution in [0.1, 0.15) is 24.8 Å². The molecule has 2 rings (SSSR count). The standard InChI is InChI=1S/C12H15N3O/c13-9-10-3-7-15-12(8-10)16-11-2-1-5-14-6-4-11/h3,7-8,11,14H,1-2,4-6H2. The van der Waals surface area contributed by atoms with E-state index in [0.717, 1.165) is 32.4 Å². The van der Waals surface area contributed by atoms with Crippen molar-refractivity contribution in [1.82, 2.24) is 10.3 Å². The maximum absolute atomic E-state index is 8.77. The van der Waals surface area contributed by atoms with E-state index in [2.05, 4.69) is 16.4 Å². The minimum absolute atomic E-state index is 0.219. The lowest BCUT2D eigenvalue weighted by Crippen LogP contribution is -2.19. The van der Waals surface area contributed by atoms with Gasteiger partial charge >= 0.3 is 0 Å². The zero-order valence-electron chi connectivity index (χ0n) is 9.15. The number of ether oxygens (including phenoxy) is 1. The summed E-state index contributed by atoms with van der Waals surface area (Å²) < 4.78 is 5.78. The highest BCUT2D eigenvalue weighted by molar-refractivity contribution is 5.31. The Morgan fingerprint density at radius 1 is 1.44 bits per heavy atom. The molecule has 1 saturated heterocycles. The Balaban J connectivity index is 1.99. The summed E-state index contributed by atoms with van der Waals surface area (Å²) in [4.78, 5) is 4.12. The van der Waals surface area contributed by atoms with Crippen molar-refractivity contribution < 1.29 is 4.74 Å². The summed E-state index contributed by atoms with van der Waals surface area (Å²) in [6.07, 6.45) is 5.01. The molecule has 1 fully saturated rings. The third kappa shape index (κ3) is 2.94. The second-order valence-electron chi connectivity index (χ2n) is 3.92. The van der Waals surface area contributed by atoms with Gasteiger partial charge in [-0.15, -0.1) is 0 Å². The average Bonchev–Trinajstić information content (AvgIpc) is 2.58. The van der Waals surface area contributed by atoms with Crippen LogP contribution in [0.3, 0.4) is 0 Å². The lowest BCUT2D eigenvalue weighted by Gasteiger charge is -2.15. The average molecular weight is 217 g/mol. The van der Waals surface area contributed by atoms with Crippen LogP contribution in [-0.2, 0) is 0 Å². The number of hydrogen-bond acceptors (Lipinski definition) is 4. The first kappa shape index (κ1) is 10.9. The van der Waals surface area contributed by atoms with Gasteiger partial charge in [0.2, 0.25) is 5.88 Å². The van der Waals surface area contributed by atoms with Crippen molar-refractivity contribution in [2.45, 2.75) is 25.4 Å². The minimum Gasteiger partial charge on any atom is -0.474 e. The molecule has 0 radical (unpaired) electrons. The number of pyridine rings is 1. The van der Waals surface area contributed by atoms with Gasteiger partial charge in [0.25, 0.3) is 0 Å². The highest BCUT2D eigenvalue weighted by Gasteiger charge is 2.13. The summed E-state index contributed by atoms with van der Waals surface area (Å²) >= 11 is 0. The zero-order valence-corrected chi connectivity index (χ0v) is 9.15. The number of aromatic nitrogens is 1. The van der Waals surface area contributed by atoms with Gasteiger partial charge in [0, 0.05) is 12.3 Å². The molecule has 0 saturated carbocycles. The Kier molecular flexibility index (Phi) is 3.73. The van der Waals surface area contributed by atoms with Gasteiger partial charge in [0.1, 0.15) is 6.10 Å². The van der Waals surface area contributed by atoms with Gasteiger partial charge in [-0.1, -0.05) is 0 Å². The van der Waals surface area contributed by atoms with Crippen molar-refractivity contribution in [3.05, 3.63) is 23.9 Å². The number of nitrogens with one attached hydrogen (secondary N) is 1. The molecule has 1 aromatic heterocycles. The first-order valence-electron chi connectivity index (χ1n) is 5.62. The van der Waals surface area contributed by atoms with Gasteiger partial charge in [-0.05, 0) is 38.4 Å². The normalized spacial score (nSPS) is 20.8. The van der Waals surface area contributed by atoms with E-state index in [9.17, 15) is 0 Å². The Morgan fingerprint density at radius 2 is 2.38 bits per heavy atom. The molecule has 16 heavy (non-hydrogen) atoms. The van der Waals surface area contributed by atoms with E-state index in [1.54, 1.807) is 18.3 Å². The predicted molar refractivity (Wildman–Crippen MR) is 60.1 cm³/mol. The van der Waals surface area contributed by atoms with Crippen LogP contribution >= 0.6 is 0 Å². The van der Waals surface area contributed by atoms with Crippen LogP contribution in [0, 0.1) is 11.3 Å². The van der Waals surface area contributed by atoms with Crippen LogP contribution in [0.2, 0.25) is 0 Å². The maximum Gasteiger partial charge on any atom is 0.214 e. The second-order valence-corrected chi connectivity index (χ2v) is 3.92. The molecule has 1 aliphatic heterocycles. The molecule has 4 nitrogen and oxygen atoms in total. The molecular weight excluding hydrogens is 202 g/mol. The van der Waals surface area contributed by atoms with Crippen LogP contribution in [0.4, 0.5) is 0 Å². The third-order valence-electron chi connectivity index (χ3n) is 2.67. The maximum atomic E-state index is 8.77. The summed E-state index contributed by atoms with van der Waals surface area (Å²) in [5, 5.41) is 12.1. The highest BCUT2D eigenvalue weighted by Crippen LogP contribution is 2.15. The fourth-order valence-electron chi connectivity index (χ4n) is 1.82. The molecule has 1 aliphatic rings. The first-order chi connectivity index (χ1) is 7.88. The van der Waals surface area contributed by atoms with Gasteiger partial charge in [0.05, 0.1) is 11.6 Å². The Bertz CT molecular complexity index is 378. The van der Waals surface area contributed by atoms with Crippen molar-refractivity contribution in [2.24, 2.45) is 0 Å². The quantitative estimate of drug-likeness (QED) is 0.815. The molecule has 84 valence electrons. The number of hydrogen-bond donors (Lipinski definition) is 1. The van der Waals surface area contributed by atoms with Gasteiger partial charge < -0.3 is 10.1 Å². The topological polar surface area (TPSA) is 57.9 Å². The van der Waals surface area contributed by atoms with E-state index in [1.807, 2.05) is 0 Å². The molecule has 1 atom stereocenters. The Labute approximate surface area is 95.3 Å². The molecule has 0 aliphatic carbocycles. The third-order valence-corrected chi connectivity index (χ3v) is 2.67. The van der Waals surface area contributed by atoms with Crippen LogP contribution in [-0.4, -0.2) is 24.2 Å². The van der Waals surface area contributed by atoms with E-state index < -0.39 is 0 Å². The van der Waals surface area contributed by atoms with Crippen LogP contribution in [0.15, 0.2) is 18.3 Å². The molecule has 0 amide bonds.